The second kappa shape index (κ2) is 7.70. The van der Waals surface area contributed by atoms with Crippen molar-refractivity contribution in [1.82, 2.24) is 5.16 Å². The van der Waals surface area contributed by atoms with E-state index in [1.54, 1.807) is 6.92 Å². The van der Waals surface area contributed by atoms with Crippen LogP contribution in [-0.2, 0) is 22.4 Å². The maximum atomic E-state index is 12.4. The molecule has 3 rings (SSSR count). The maximum absolute atomic E-state index is 12.4. The highest BCUT2D eigenvalue weighted by molar-refractivity contribution is 7.16. The molecule has 1 atom stereocenters. The van der Waals surface area contributed by atoms with Gasteiger partial charge < -0.3 is 14.6 Å². The van der Waals surface area contributed by atoms with Crippen LogP contribution in [0, 0.1) is 18.3 Å². The first-order valence-corrected chi connectivity index (χ1v) is 9.31. The number of thiophene rings is 1. The van der Waals surface area contributed by atoms with Gasteiger partial charge in [0.05, 0.1) is 11.3 Å². The second-order valence-corrected chi connectivity index (χ2v) is 7.35. The van der Waals surface area contributed by atoms with Crippen molar-refractivity contribution in [1.29, 1.82) is 5.26 Å². The number of hydrogen-bond donors (Lipinski definition) is 1. The quantitative estimate of drug-likeness (QED) is 0.651. The van der Waals surface area contributed by atoms with Crippen LogP contribution in [0.2, 0.25) is 0 Å². The maximum Gasteiger partial charge on any atom is 0.377 e. The number of ether oxygens (including phenoxy) is 1. The van der Waals surface area contributed by atoms with Crippen molar-refractivity contribution >= 4 is 28.2 Å². The molecular formula is C18H19N3O4S. The number of carbonyl (C=O) groups excluding carboxylic acids is 2. The number of anilines is 1. The Balaban J connectivity index is 1.69. The van der Waals surface area contributed by atoms with Crippen LogP contribution in [0.5, 0.6) is 0 Å². The largest absolute Gasteiger partial charge is 0.447 e. The van der Waals surface area contributed by atoms with Gasteiger partial charge in [-0.15, -0.1) is 11.3 Å². The van der Waals surface area contributed by atoms with Crippen LogP contribution >= 0.6 is 11.3 Å². The van der Waals surface area contributed by atoms with E-state index in [0.29, 0.717) is 16.3 Å². The fourth-order valence-electron chi connectivity index (χ4n) is 2.89. The van der Waals surface area contributed by atoms with Gasteiger partial charge in [0.2, 0.25) is 5.76 Å². The monoisotopic (exact) mass is 373 g/mol. The molecule has 26 heavy (non-hydrogen) atoms. The first-order chi connectivity index (χ1) is 12.5. The van der Waals surface area contributed by atoms with E-state index in [9.17, 15) is 14.9 Å². The lowest BCUT2D eigenvalue weighted by Crippen LogP contribution is -2.29. The van der Waals surface area contributed by atoms with Crippen LogP contribution in [0.4, 0.5) is 5.00 Å². The summed E-state index contributed by atoms with van der Waals surface area (Å²) in [7, 11) is 0. The Morgan fingerprint density at radius 2 is 2.15 bits per heavy atom. The summed E-state index contributed by atoms with van der Waals surface area (Å²) < 4.78 is 9.95. The van der Waals surface area contributed by atoms with Crippen molar-refractivity contribution in [2.24, 2.45) is 0 Å². The zero-order chi connectivity index (χ0) is 18.7. The first-order valence-electron chi connectivity index (χ1n) is 8.49. The van der Waals surface area contributed by atoms with Gasteiger partial charge in [-0.25, -0.2) is 4.79 Å². The molecule has 1 aliphatic carbocycles. The van der Waals surface area contributed by atoms with E-state index in [2.05, 4.69) is 16.5 Å². The Bertz CT molecular complexity index is 878. The highest BCUT2D eigenvalue weighted by Crippen LogP contribution is 2.37. The van der Waals surface area contributed by atoms with Crippen molar-refractivity contribution < 1.29 is 18.8 Å². The zero-order valence-corrected chi connectivity index (χ0v) is 15.4. The average molecular weight is 373 g/mol. The first kappa shape index (κ1) is 18.1. The highest BCUT2D eigenvalue weighted by atomic mass is 32.1. The van der Waals surface area contributed by atoms with Crippen molar-refractivity contribution in [3.8, 4) is 6.07 Å². The molecule has 0 bridgehead atoms. The SMILES string of the molecule is Cc1cc(C(=O)O[C@H](C)C(=O)Nc2sc3c(c2C#N)CCCCC3)on1. The summed E-state index contributed by atoms with van der Waals surface area (Å²) in [6.07, 6.45) is 4.07. The summed E-state index contributed by atoms with van der Waals surface area (Å²) in [5, 5.41) is 16.4. The molecule has 0 aromatic carbocycles. The van der Waals surface area contributed by atoms with E-state index in [1.165, 1.54) is 24.3 Å². The van der Waals surface area contributed by atoms with Gasteiger partial charge in [-0.2, -0.15) is 5.26 Å². The Hall–Kier alpha value is -2.66. The number of nitriles is 1. The van der Waals surface area contributed by atoms with E-state index >= 15 is 0 Å². The molecule has 1 amide bonds. The Kier molecular flexibility index (Phi) is 5.38. The predicted octanol–water partition coefficient (Wildman–Crippen LogP) is 3.37. The van der Waals surface area contributed by atoms with E-state index in [4.69, 9.17) is 9.26 Å². The number of aromatic nitrogens is 1. The van der Waals surface area contributed by atoms with Gasteiger partial charge in [0, 0.05) is 10.9 Å². The van der Waals surface area contributed by atoms with E-state index in [1.807, 2.05) is 0 Å². The molecule has 0 saturated heterocycles. The number of nitrogens with zero attached hydrogens (tertiary/aromatic N) is 2. The molecule has 7 nitrogen and oxygen atoms in total. The van der Waals surface area contributed by atoms with Gasteiger partial charge in [0.1, 0.15) is 11.1 Å². The summed E-state index contributed by atoms with van der Waals surface area (Å²) >= 11 is 1.44. The normalized spacial score (nSPS) is 14.7. The summed E-state index contributed by atoms with van der Waals surface area (Å²) in [5.41, 5.74) is 2.13. The molecule has 2 aromatic heterocycles. The third-order valence-corrected chi connectivity index (χ3v) is 5.46. The van der Waals surface area contributed by atoms with Gasteiger partial charge in [-0.1, -0.05) is 11.6 Å². The van der Waals surface area contributed by atoms with Gasteiger partial charge in [0.15, 0.2) is 6.10 Å². The third kappa shape index (κ3) is 3.78. The Morgan fingerprint density at radius 3 is 2.85 bits per heavy atom. The fourth-order valence-corrected chi connectivity index (χ4v) is 4.14. The average Bonchev–Trinajstić information content (AvgIpc) is 3.10. The number of nitrogens with one attached hydrogen (secondary N) is 1. The molecule has 136 valence electrons. The molecular weight excluding hydrogens is 354 g/mol. The zero-order valence-electron chi connectivity index (χ0n) is 14.6. The predicted molar refractivity (Wildman–Crippen MR) is 95.0 cm³/mol. The van der Waals surface area contributed by atoms with Crippen molar-refractivity contribution in [3.05, 3.63) is 33.5 Å². The number of esters is 1. The lowest BCUT2D eigenvalue weighted by atomic mass is 10.1. The van der Waals surface area contributed by atoms with Crippen LogP contribution < -0.4 is 5.32 Å². The number of aryl methyl sites for hydroxylation is 2. The third-order valence-electron chi connectivity index (χ3n) is 4.25. The molecule has 0 unspecified atom stereocenters. The number of amides is 1. The molecule has 0 saturated carbocycles. The van der Waals surface area contributed by atoms with Crippen LogP contribution in [0.25, 0.3) is 0 Å². The number of rotatable bonds is 4. The van der Waals surface area contributed by atoms with E-state index in [-0.39, 0.29) is 5.76 Å². The molecule has 2 heterocycles. The molecule has 0 fully saturated rings. The lowest BCUT2D eigenvalue weighted by Gasteiger charge is -2.11. The molecule has 8 heteroatoms. The number of hydrogen-bond acceptors (Lipinski definition) is 7. The van der Waals surface area contributed by atoms with Crippen molar-refractivity contribution in [2.75, 3.05) is 5.32 Å². The topological polar surface area (TPSA) is 105 Å². The van der Waals surface area contributed by atoms with Gasteiger partial charge in [-0.05, 0) is 45.1 Å². The minimum Gasteiger partial charge on any atom is -0.447 e. The lowest BCUT2D eigenvalue weighted by molar-refractivity contribution is -0.123. The van der Waals surface area contributed by atoms with Crippen LogP contribution in [0.3, 0.4) is 0 Å². The molecule has 0 aliphatic heterocycles. The molecule has 1 N–H and O–H groups in total. The van der Waals surface area contributed by atoms with Crippen LogP contribution in [0.1, 0.15) is 58.4 Å². The van der Waals surface area contributed by atoms with Crippen molar-refractivity contribution in [3.63, 3.8) is 0 Å². The van der Waals surface area contributed by atoms with E-state index in [0.717, 1.165) is 42.5 Å². The van der Waals surface area contributed by atoms with Crippen molar-refractivity contribution in [2.45, 2.75) is 52.1 Å². The minimum absolute atomic E-state index is 0.0531. The molecule has 2 aromatic rings. The van der Waals surface area contributed by atoms with Crippen LogP contribution in [-0.4, -0.2) is 23.1 Å². The summed E-state index contributed by atoms with van der Waals surface area (Å²) in [6.45, 7) is 3.15. The smallest absolute Gasteiger partial charge is 0.377 e. The van der Waals surface area contributed by atoms with Gasteiger partial charge in [0.25, 0.3) is 5.91 Å². The minimum atomic E-state index is -1.03. The molecule has 0 spiro atoms. The van der Waals surface area contributed by atoms with Crippen LogP contribution in [0.15, 0.2) is 10.6 Å². The number of carbonyl (C=O) groups is 2. The standard InChI is InChI=1S/C18H19N3O4S/c1-10-8-14(25-21-10)18(23)24-11(2)16(22)20-17-13(9-19)12-6-4-3-5-7-15(12)26-17/h8,11H,3-7H2,1-2H3,(H,20,22)/t11-/m1/s1. The van der Waals surface area contributed by atoms with Gasteiger partial charge in [-0.3, -0.25) is 4.79 Å². The summed E-state index contributed by atoms with van der Waals surface area (Å²) in [5.74, 6) is -1.29. The Morgan fingerprint density at radius 1 is 1.38 bits per heavy atom. The molecule has 1 aliphatic rings. The Labute approximate surface area is 154 Å². The number of fused-ring (bicyclic) bond motifs is 1. The highest BCUT2D eigenvalue weighted by Gasteiger charge is 2.25. The van der Waals surface area contributed by atoms with E-state index < -0.39 is 18.0 Å². The van der Waals surface area contributed by atoms with Gasteiger partial charge >= 0.3 is 5.97 Å². The second-order valence-electron chi connectivity index (χ2n) is 6.25. The fraction of sp³-hybridized carbons (Fsp3) is 0.444. The molecule has 0 radical (unpaired) electrons. The summed E-state index contributed by atoms with van der Waals surface area (Å²) in [6, 6.07) is 3.65. The summed E-state index contributed by atoms with van der Waals surface area (Å²) in [4.78, 5) is 25.5.